The van der Waals surface area contributed by atoms with Crippen LogP contribution in [0.4, 0.5) is 11.4 Å². The summed E-state index contributed by atoms with van der Waals surface area (Å²) in [6.07, 6.45) is 2.47. The summed E-state index contributed by atoms with van der Waals surface area (Å²) < 4.78 is 0. The van der Waals surface area contributed by atoms with Crippen LogP contribution in [0, 0.1) is 0 Å². The highest BCUT2D eigenvalue weighted by atomic mass is 16.7. The summed E-state index contributed by atoms with van der Waals surface area (Å²) in [5.41, 5.74) is 3.56. The number of anilines is 2. The third-order valence-corrected chi connectivity index (χ3v) is 2.85. The Kier molecular flexibility index (Phi) is 3.67. The van der Waals surface area contributed by atoms with Crippen molar-refractivity contribution in [2.45, 2.75) is 26.7 Å². The molecule has 1 aromatic carbocycles. The molecule has 0 unspecified atom stereocenters. The van der Waals surface area contributed by atoms with E-state index in [-0.39, 0.29) is 0 Å². The van der Waals surface area contributed by atoms with Crippen molar-refractivity contribution >= 4 is 17.7 Å². The number of hydroxylamine groups is 1. The first kappa shape index (κ1) is 12.6. The molecule has 4 heteroatoms. The summed E-state index contributed by atoms with van der Waals surface area (Å²) in [6, 6.07) is 6.04. The standard InChI is InChI=1S/C14H18N2O2/c1-4-18-16-8-11(9-17)15-14-12(10(2)3)6-5-7-13(14)16/h5-10,15H,4H2,1-3H3. The molecule has 1 heterocycles. The van der Waals surface area contributed by atoms with Crippen LogP contribution >= 0.6 is 0 Å². The van der Waals surface area contributed by atoms with Gasteiger partial charge in [-0.05, 0) is 24.5 Å². The number of hydrogen-bond donors (Lipinski definition) is 1. The number of benzene rings is 1. The normalized spacial score (nSPS) is 14.0. The molecule has 0 atom stereocenters. The summed E-state index contributed by atoms with van der Waals surface area (Å²) in [5, 5.41) is 4.81. The summed E-state index contributed by atoms with van der Waals surface area (Å²) in [5.74, 6) is 0.377. The Balaban J connectivity index is 2.49. The molecular formula is C14H18N2O2. The van der Waals surface area contributed by atoms with Gasteiger partial charge in [-0.2, -0.15) is 0 Å². The highest BCUT2D eigenvalue weighted by molar-refractivity contribution is 5.88. The number of para-hydroxylation sites is 1. The smallest absolute Gasteiger partial charge is 0.167 e. The molecule has 2 rings (SSSR count). The lowest BCUT2D eigenvalue weighted by Crippen LogP contribution is -2.25. The number of nitrogens with one attached hydrogen (secondary N) is 1. The minimum atomic E-state index is 0.377. The molecule has 0 aromatic heterocycles. The van der Waals surface area contributed by atoms with Gasteiger partial charge in [-0.25, -0.2) is 5.06 Å². The van der Waals surface area contributed by atoms with Crippen molar-refractivity contribution < 1.29 is 9.63 Å². The minimum absolute atomic E-state index is 0.377. The van der Waals surface area contributed by atoms with E-state index in [4.69, 9.17) is 4.84 Å². The van der Waals surface area contributed by atoms with Crippen LogP contribution < -0.4 is 10.4 Å². The van der Waals surface area contributed by atoms with Crippen LogP contribution in [0.15, 0.2) is 30.1 Å². The number of carbonyl (C=O) groups is 1. The molecule has 0 spiro atoms. The highest BCUT2D eigenvalue weighted by Gasteiger charge is 2.21. The Labute approximate surface area is 107 Å². The summed E-state index contributed by atoms with van der Waals surface area (Å²) >= 11 is 0. The quantitative estimate of drug-likeness (QED) is 0.829. The topological polar surface area (TPSA) is 41.6 Å². The second kappa shape index (κ2) is 5.23. The third-order valence-electron chi connectivity index (χ3n) is 2.85. The van der Waals surface area contributed by atoms with Gasteiger partial charge in [-0.3, -0.25) is 9.63 Å². The van der Waals surface area contributed by atoms with E-state index >= 15 is 0 Å². The fourth-order valence-corrected chi connectivity index (χ4v) is 2.04. The highest BCUT2D eigenvalue weighted by Crippen LogP contribution is 2.37. The molecule has 4 nitrogen and oxygen atoms in total. The van der Waals surface area contributed by atoms with E-state index in [2.05, 4.69) is 25.2 Å². The Morgan fingerprint density at radius 3 is 2.83 bits per heavy atom. The zero-order valence-corrected chi connectivity index (χ0v) is 10.9. The number of fused-ring (bicyclic) bond motifs is 1. The van der Waals surface area contributed by atoms with Gasteiger partial charge in [0, 0.05) is 0 Å². The predicted octanol–water partition coefficient (Wildman–Crippen LogP) is 3.03. The average molecular weight is 246 g/mol. The van der Waals surface area contributed by atoms with Crippen molar-refractivity contribution in [2.75, 3.05) is 17.0 Å². The number of hydrogen-bond acceptors (Lipinski definition) is 4. The van der Waals surface area contributed by atoms with E-state index in [0.29, 0.717) is 18.2 Å². The van der Waals surface area contributed by atoms with Crippen LogP contribution in [0.2, 0.25) is 0 Å². The van der Waals surface area contributed by atoms with Crippen molar-refractivity contribution in [1.29, 1.82) is 0 Å². The van der Waals surface area contributed by atoms with Crippen LogP contribution in [-0.2, 0) is 9.63 Å². The zero-order valence-electron chi connectivity index (χ0n) is 10.9. The molecular weight excluding hydrogens is 228 g/mol. The zero-order chi connectivity index (χ0) is 13.1. The average Bonchev–Trinajstić information content (AvgIpc) is 2.38. The third kappa shape index (κ3) is 2.24. The molecule has 1 aliphatic rings. The molecule has 1 N–H and O–H groups in total. The van der Waals surface area contributed by atoms with E-state index in [1.807, 2.05) is 19.1 Å². The number of nitrogens with zero attached hydrogens (tertiary/aromatic N) is 1. The number of allylic oxidation sites excluding steroid dienone is 1. The monoisotopic (exact) mass is 246 g/mol. The van der Waals surface area contributed by atoms with Gasteiger partial charge in [-0.15, -0.1) is 0 Å². The summed E-state index contributed by atoms with van der Waals surface area (Å²) in [6.45, 7) is 6.72. The molecule has 1 aliphatic heterocycles. The first-order chi connectivity index (χ1) is 8.67. The maximum absolute atomic E-state index is 11.0. The molecule has 96 valence electrons. The molecule has 0 fully saturated rings. The van der Waals surface area contributed by atoms with Crippen molar-refractivity contribution in [1.82, 2.24) is 0 Å². The van der Waals surface area contributed by atoms with Gasteiger partial charge in [0.15, 0.2) is 6.29 Å². The molecule has 0 saturated carbocycles. The molecule has 18 heavy (non-hydrogen) atoms. The maximum Gasteiger partial charge on any atom is 0.167 e. The second-order valence-electron chi connectivity index (χ2n) is 4.47. The maximum atomic E-state index is 11.0. The Morgan fingerprint density at radius 2 is 2.22 bits per heavy atom. The van der Waals surface area contributed by atoms with Gasteiger partial charge in [-0.1, -0.05) is 26.0 Å². The van der Waals surface area contributed by atoms with Crippen molar-refractivity contribution in [3.63, 3.8) is 0 Å². The van der Waals surface area contributed by atoms with Crippen LogP contribution in [0.25, 0.3) is 0 Å². The van der Waals surface area contributed by atoms with Gasteiger partial charge in [0.2, 0.25) is 0 Å². The van der Waals surface area contributed by atoms with Crippen LogP contribution in [-0.4, -0.2) is 12.9 Å². The fourth-order valence-electron chi connectivity index (χ4n) is 2.04. The first-order valence-corrected chi connectivity index (χ1v) is 6.16. The van der Waals surface area contributed by atoms with Gasteiger partial charge >= 0.3 is 0 Å². The van der Waals surface area contributed by atoms with Crippen molar-refractivity contribution in [2.24, 2.45) is 0 Å². The molecule has 0 amide bonds. The Morgan fingerprint density at radius 1 is 1.44 bits per heavy atom. The first-order valence-electron chi connectivity index (χ1n) is 6.16. The predicted molar refractivity (Wildman–Crippen MR) is 72.4 cm³/mol. The van der Waals surface area contributed by atoms with E-state index in [1.54, 1.807) is 11.3 Å². The van der Waals surface area contributed by atoms with E-state index in [1.165, 1.54) is 5.56 Å². The Bertz CT molecular complexity index is 481. The SMILES string of the molecule is CCON1C=C(C=O)Nc2c(C(C)C)cccc21. The summed E-state index contributed by atoms with van der Waals surface area (Å²) in [7, 11) is 0. The lowest BCUT2D eigenvalue weighted by Gasteiger charge is -2.29. The van der Waals surface area contributed by atoms with E-state index < -0.39 is 0 Å². The Hall–Kier alpha value is -1.81. The van der Waals surface area contributed by atoms with Gasteiger partial charge in [0.1, 0.15) is 0 Å². The number of aldehydes is 1. The molecule has 0 saturated heterocycles. The van der Waals surface area contributed by atoms with E-state index in [0.717, 1.165) is 17.7 Å². The van der Waals surface area contributed by atoms with Gasteiger partial charge in [0.25, 0.3) is 0 Å². The number of rotatable bonds is 4. The van der Waals surface area contributed by atoms with E-state index in [9.17, 15) is 4.79 Å². The van der Waals surface area contributed by atoms with Crippen molar-refractivity contribution in [3.8, 4) is 0 Å². The molecule has 0 bridgehead atoms. The minimum Gasteiger partial charge on any atom is -0.350 e. The summed E-state index contributed by atoms with van der Waals surface area (Å²) in [4.78, 5) is 16.5. The van der Waals surface area contributed by atoms with Crippen LogP contribution in [0.3, 0.4) is 0 Å². The fraction of sp³-hybridized carbons (Fsp3) is 0.357. The molecule has 0 aliphatic carbocycles. The van der Waals surface area contributed by atoms with Gasteiger partial charge < -0.3 is 5.32 Å². The van der Waals surface area contributed by atoms with Crippen LogP contribution in [0.5, 0.6) is 0 Å². The van der Waals surface area contributed by atoms with Crippen LogP contribution in [0.1, 0.15) is 32.3 Å². The van der Waals surface area contributed by atoms with Gasteiger partial charge in [0.05, 0.1) is 29.9 Å². The lowest BCUT2D eigenvalue weighted by molar-refractivity contribution is -0.104. The largest absolute Gasteiger partial charge is 0.350 e. The second-order valence-corrected chi connectivity index (χ2v) is 4.47. The lowest BCUT2D eigenvalue weighted by atomic mass is 9.99. The molecule has 0 radical (unpaired) electrons. The number of carbonyl (C=O) groups excluding carboxylic acids is 1. The molecule has 1 aromatic rings. The van der Waals surface area contributed by atoms with Crippen molar-refractivity contribution in [3.05, 3.63) is 35.7 Å².